The topological polar surface area (TPSA) is 99.5 Å². The number of sulfonamides is 2. The number of hydrogen-bond donors (Lipinski definition) is 2. The first kappa shape index (κ1) is 34.0. The summed E-state index contributed by atoms with van der Waals surface area (Å²) in [5, 5.41) is 2.11. The minimum atomic E-state index is -3.88. The normalized spacial score (nSPS) is 14.3. The predicted octanol–water partition coefficient (Wildman–Crippen LogP) is 5.96. The van der Waals surface area contributed by atoms with Crippen LogP contribution in [0.25, 0.3) is 28.2 Å². The molecule has 0 amide bonds. The van der Waals surface area contributed by atoms with Crippen LogP contribution in [0, 0.1) is 0 Å². The molecular weight excluding hydrogens is 651 g/mol. The Hall–Kier alpha value is -3.36. The van der Waals surface area contributed by atoms with Gasteiger partial charge in [0.25, 0.3) is 0 Å². The summed E-state index contributed by atoms with van der Waals surface area (Å²) in [6, 6.07) is 25.8. The number of pyridine rings is 1. The second-order valence-electron chi connectivity index (χ2n) is 10.9. The molecule has 2 N–H and O–H groups in total. The highest BCUT2D eigenvalue weighted by Gasteiger charge is 2.26. The van der Waals surface area contributed by atoms with Crippen LogP contribution in [-0.2, 0) is 26.6 Å². The zero-order chi connectivity index (χ0) is 32.6. The van der Waals surface area contributed by atoms with Crippen molar-refractivity contribution >= 4 is 54.5 Å². The van der Waals surface area contributed by atoms with E-state index in [1.807, 2.05) is 42.5 Å². The molecule has 46 heavy (non-hydrogen) atoms. The van der Waals surface area contributed by atoms with Gasteiger partial charge in [0.15, 0.2) is 0 Å². The van der Waals surface area contributed by atoms with Crippen LogP contribution in [0.5, 0.6) is 0 Å². The Kier molecular flexibility index (Phi) is 11.4. The first-order chi connectivity index (χ1) is 22.2. The lowest BCUT2D eigenvalue weighted by Crippen LogP contribution is -2.38. The van der Waals surface area contributed by atoms with Gasteiger partial charge in [-0.15, -0.1) is 0 Å². The molecular formula is C33H37F2N4O4S3+. The van der Waals surface area contributed by atoms with Crippen molar-refractivity contribution in [3.63, 3.8) is 0 Å². The molecule has 5 rings (SSSR count). The van der Waals surface area contributed by atoms with E-state index in [1.165, 1.54) is 0 Å². The molecule has 4 aromatic rings. The Balaban J connectivity index is 1.47. The lowest BCUT2D eigenvalue weighted by atomic mass is 10.0. The number of para-hydroxylation sites is 2. The molecule has 3 aromatic carbocycles. The van der Waals surface area contributed by atoms with Crippen LogP contribution in [-0.4, -0.2) is 48.5 Å². The molecule has 0 bridgehead atoms. The quantitative estimate of drug-likeness (QED) is 0.112. The monoisotopic (exact) mass is 687 g/mol. The van der Waals surface area contributed by atoms with E-state index in [1.54, 1.807) is 11.8 Å². The van der Waals surface area contributed by atoms with Crippen LogP contribution in [0.2, 0.25) is 0 Å². The number of unbranched alkanes of at least 4 members (excludes halogenated alkanes) is 2. The molecule has 0 atom stereocenters. The molecule has 0 spiro atoms. The van der Waals surface area contributed by atoms with Gasteiger partial charge >= 0.3 is 0 Å². The number of alkyl halides is 2. The Bertz CT molecular complexity index is 1910. The number of hydrogen-bond acceptors (Lipinski definition) is 6. The SMILES string of the molecule is O=S(=O)(CF)NCCCCN1C(=Cc2cc(-c3ccccc3)[n+](CCCCNS(=O)(=O)CF)c3ccccc23)Sc2ccccc21. The summed E-state index contributed by atoms with van der Waals surface area (Å²) in [7, 11) is -7.76. The predicted molar refractivity (Wildman–Crippen MR) is 181 cm³/mol. The molecule has 0 unspecified atom stereocenters. The van der Waals surface area contributed by atoms with Crippen LogP contribution in [0.3, 0.4) is 0 Å². The minimum Gasteiger partial charge on any atom is -0.335 e. The molecule has 8 nitrogen and oxygen atoms in total. The highest BCUT2D eigenvalue weighted by atomic mass is 32.2. The molecule has 0 aliphatic carbocycles. The zero-order valence-electron chi connectivity index (χ0n) is 25.2. The van der Waals surface area contributed by atoms with Crippen LogP contribution in [0.1, 0.15) is 31.2 Å². The van der Waals surface area contributed by atoms with Gasteiger partial charge in [0.05, 0.1) is 16.1 Å². The summed E-state index contributed by atoms with van der Waals surface area (Å²) < 4.78 is 78.2. The van der Waals surface area contributed by atoms with Crippen molar-refractivity contribution in [3.8, 4) is 11.3 Å². The van der Waals surface area contributed by atoms with Crippen LogP contribution in [0.15, 0.2) is 94.9 Å². The van der Waals surface area contributed by atoms with E-state index in [0.717, 1.165) is 43.3 Å². The summed E-state index contributed by atoms with van der Waals surface area (Å²) in [5.74, 6) is 0. The first-order valence-corrected chi connectivity index (χ1v) is 19.2. The highest BCUT2D eigenvalue weighted by Crippen LogP contribution is 2.47. The molecule has 13 heteroatoms. The number of nitrogens with zero attached hydrogens (tertiary/aromatic N) is 2. The highest BCUT2D eigenvalue weighted by molar-refractivity contribution is 8.03. The van der Waals surface area contributed by atoms with Crippen molar-refractivity contribution in [2.75, 3.05) is 36.5 Å². The van der Waals surface area contributed by atoms with Gasteiger partial charge < -0.3 is 4.90 Å². The van der Waals surface area contributed by atoms with E-state index in [0.29, 0.717) is 38.8 Å². The summed E-state index contributed by atoms with van der Waals surface area (Å²) in [6.07, 6.45) is 4.70. The summed E-state index contributed by atoms with van der Waals surface area (Å²) in [6.45, 7) is 1.65. The second kappa shape index (κ2) is 15.5. The van der Waals surface area contributed by atoms with Crippen molar-refractivity contribution in [1.29, 1.82) is 0 Å². The van der Waals surface area contributed by atoms with Gasteiger partial charge in [-0.25, -0.2) is 35.1 Å². The summed E-state index contributed by atoms with van der Waals surface area (Å²) >= 11 is 1.68. The molecule has 0 fully saturated rings. The number of rotatable bonds is 16. The fourth-order valence-corrected chi connectivity index (χ4v) is 7.65. The molecule has 1 aliphatic heterocycles. The van der Waals surface area contributed by atoms with Crippen molar-refractivity contribution in [1.82, 2.24) is 9.44 Å². The van der Waals surface area contributed by atoms with E-state index in [4.69, 9.17) is 0 Å². The standard InChI is InChI=1S/C33H37F2N4O4S3/c34-24-45(40,41)36-18-8-10-20-38-29-15-5-4-14-28(29)27(22-31(38)26-12-2-1-3-13-26)23-33-39(30-16-6-7-17-32(30)44-33)21-11-9-19-37-46(42,43)25-35/h1-7,12-17,22-23,36-37H,8-11,18-21,24-25H2/q+1. The van der Waals surface area contributed by atoms with Crippen LogP contribution < -0.4 is 18.9 Å². The van der Waals surface area contributed by atoms with Gasteiger partial charge in [-0.3, -0.25) is 0 Å². The average Bonchev–Trinajstić information content (AvgIpc) is 3.42. The lowest BCUT2D eigenvalue weighted by molar-refractivity contribution is -0.661. The van der Waals surface area contributed by atoms with Gasteiger partial charge in [0, 0.05) is 48.6 Å². The van der Waals surface area contributed by atoms with Crippen LogP contribution >= 0.6 is 11.8 Å². The molecule has 2 heterocycles. The average molecular weight is 688 g/mol. The molecule has 1 aromatic heterocycles. The number of anilines is 1. The van der Waals surface area contributed by atoms with Gasteiger partial charge in [-0.05, 0) is 61.2 Å². The number of fused-ring (bicyclic) bond motifs is 2. The Morgan fingerprint density at radius 2 is 1.39 bits per heavy atom. The minimum absolute atomic E-state index is 0.172. The maximum absolute atomic E-state index is 12.7. The molecule has 244 valence electrons. The van der Waals surface area contributed by atoms with E-state index in [2.05, 4.69) is 67.5 Å². The van der Waals surface area contributed by atoms with E-state index >= 15 is 0 Å². The number of halogens is 2. The van der Waals surface area contributed by atoms with Gasteiger partial charge in [0.1, 0.15) is 6.54 Å². The lowest BCUT2D eigenvalue weighted by Gasteiger charge is -2.21. The molecule has 1 aliphatic rings. The number of nitrogens with one attached hydrogen (secondary N) is 2. The number of benzene rings is 3. The molecule has 0 saturated carbocycles. The van der Waals surface area contributed by atoms with Crippen molar-refractivity contribution in [2.45, 2.75) is 37.1 Å². The van der Waals surface area contributed by atoms with Gasteiger partial charge in [-0.2, -0.15) is 4.57 Å². The third kappa shape index (κ3) is 8.51. The smallest absolute Gasteiger partial charge is 0.241 e. The van der Waals surface area contributed by atoms with E-state index < -0.39 is 32.1 Å². The maximum Gasteiger partial charge on any atom is 0.241 e. The van der Waals surface area contributed by atoms with Crippen molar-refractivity contribution < 1.29 is 30.2 Å². The third-order valence-electron chi connectivity index (χ3n) is 7.62. The Labute approximate surface area is 273 Å². The fraction of sp³-hybridized carbons (Fsp3) is 0.303. The number of aryl methyl sites for hydroxylation is 1. The second-order valence-corrected chi connectivity index (χ2v) is 15.4. The maximum atomic E-state index is 12.7. The number of aromatic nitrogens is 1. The van der Waals surface area contributed by atoms with Gasteiger partial charge in [0.2, 0.25) is 43.3 Å². The molecule has 0 saturated heterocycles. The van der Waals surface area contributed by atoms with Crippen molar-refractivity contribution in [2.24, 2.45) is 0 Å². The van der Waals surface area contributed by atoms with Crippen molar-refractivity contribution in [3.05, 3.63) is 95.5 Å². The summed E-state index contributed by atoms with van der Waals surface area (Å²) in [5.41, 5.74) is 5.22. The van der Waals surface area contributed by atoms with Crippen LogP contribution in [0.4, 0.5) is 14.5 Å². The Morgan fingerprint density at radius 3 is 2.11 bits per heavy atom. The number of thioether (sulfide) groups is 1. The third-order valence-corrected chi connectivity index (χ3v) is 10.6. The molecule has 0 radical (unpaired) electrons. The zero-order valence-corrected chi connectivity index (χ0v) is 27.7. The summed E-state index contributed by atoms with van der Waals surface area (Å²) in [4.78, 5) is 3.38. The fourth-order valence-electron chi connectivity index (χ4n) is 5.44. The van der Waals surface area contributed by atoms with Gasteiger partial charge in [-0.1, -0.05) is 54.2 Å². The first-order valence-electron chi connectivity index (χ1n) is 15.0. The largest absolute Gasteiger partial charge is 0.335 e. The van der Waals surface area contributed by atoms with E-state index in [-0.39, 0.29) is 13.1 Å². The Morgan fingerprint density at radius 1 is 0.761 bits per heavy atom. The van der Waals surface area contributed by atoms with E-state index in [9.17, 15) is 25.6 Å².